The fraction of sp³-hybridized carbons (Fsp3) is 0.167. The number of halogens is 2. The van der Waals surface area contributed by atoms with Crippen molar-refractivity contribution < 1.29 is 23.5 Å². The van der Waals surface area contributed by atoms with Gasteiger partial charge in [0, 0.05) is 21.8 Å². The van der Waals surface area contributed by atoms with E-state index in [1.807, 2.05) is 0 Å². The maximum atomic E-state index is 13.6. The molecular formula is C18H15ClFNO4. The van der Waals surface area contributed by atoms with Crippen molar-refractivity contribution >= 4 is 34.9 Å². The highest BCUT2D eigenvalue weighted by atomic mass is 35.5. The fourth-order valence-electron chi connectivity index (χ4n) is 2.06. The molecule has 25 heavy (non-hydrogen) atoms. The SMILES string of the molecule is CC(=O)c1cccc(NC(=O)COC(=O)Cc2c(F)cccc2Cl)c1. The van der Waals surface area contributed by atoms with E-state index in [4.69, 9.17) is 16.3 Å². The van der Waals surface area contributed by atoms with Crippen LogP contribution < -0.4 is 5.32 Å². The Morgan fingerprint density at radius 1 is 1.16 bits per heavy atom. The van der Waals surface area contributed by atoms with Gasteiger partial charge in [0.2, 0.25) is 0 Å². The molecule has 0 aromatic heterocycles. The lowest BCUT2D eigenvalue weighted by atomic mass is 10.1. The number of carbonyl (C=O) groups excluding carboxylic acids is 3. The number of ether oxygens (including phenoxy) is 1. The van der Waals surface area contributed by atoms with E-state index < -0.39 is 24.3 Å². The molecule has 0 saturated heterocycles. The first-order valence-corrected chi connectivity index (χ1v) is 7.74. The number of anilines is 1. The van der Waals surface area contributed by atoms with E-state index in [1.54, 1.807) is 18.2 Å². The Bertz CT molecular complexity index is 802. The minimum absolute atomic E-state index is 0.0173. The van der Waals surface area contributed by atoms with Gasteiger partial charge < -0.3 is 10.1 Å². The predicted molar refractivity (Wildman–Crippen MR) is 91.1 cm³/mol. The average Bonchev–Trinajstić information content (AvgIpc) is 2.56. The van der Waals surface area contributed by atoms with Crippen LogP contribution in [0.2, 0.25) is 5.02 Å². The molecule has 0 atom stereocenters. The molecule has 0 heterocycles. The first-order valence-electron chi connectivity index (χ1n) is 7.36. The minimum atomic E-state index is -0.778. The van der Waals surface area contributed by atoms with Crippen LogP contribution in [0.1, 0.15) is 22.8 Å². The molecule has 7 heteroatoms. The van der Waals surface area contributed by atoms with Crippen LogP contribution in [0.4, 0.5) is 10.1 Å². The number of ketones is 1. The molecule has 130 valence electrons. The molecule has 2 rings (SSSR count). The average molecular weight is 364 g/mol. The molecule has 2 aromatic rings. The molecule has 1 N–H and O–H groups in total. The molecule has 0 aliphatic rings. The Morgan fingerprint density at radius 3 is 2.56 bits per heavy atom. The molecule has 0 bridgehead atoms. The van der Waals surface area contributed by atoms with Gasteiger partial charge in [-0.2, -0.15) is 0 Å². The lowest BCUT2D eigenvalue weighted by molar-refractivity contribution is -0.146. The van der Waals surface area contributed by atoms with Crippen molar-refractivity contribution in [2.45, 2.75) is 13.3 Å². The second-order valence-electron chi connectivity index (χ2n) is 5.22. The molecule has 0 aliphatic heterocycles. The van der Waals surface area contributed by atoms with Gasteiger partial charge in [-0.3, -0.25) is 14.4 Å². The number of Topliss-reactive ketones (excluding diaryl/α,β-unsaturated/α-hetero) is 1. The van der Waals surface area contributed by atoms with E-state index in [0.29, 0.717) is 11.3 Å². The molecule has 0 unspecified atom stereocenters. The zero-order chi connectivity index (χ0) is 18.4. The lowest BCUT2D eigenvalue weighted by Crippen LogP contribution is -2.22. The van der Waals surface area contributed by atoms with E-state index in [2.05, 4.69) is 5.32 Å². The largest absolute Gasteiger partial charge is 0.455 e. The molecule has 0 saturated carbocycles. The molecule has 2 aromatic carbocycles. The highest BCUT2D eigenvalue weighted by Gasteiger charge is 2.14. The highest BCUT2D eigenvalue weighted by molar-refractivity contribution is 6.31. The number of carbonyl (C=O) groups is 3. The molecular weight excluding hydrogens is 349 g/mol. The quantitative estimate of drug-likeness (QED) is 0.630. The van der Waals surface area contributed by atoms with Crippen LogP contribution in [0.15, 0.2) is 42.5 Å². The van der Waals surface area contributed by atoms with E-state index in [-0.39, 0.29) is 22.8 Å². The van der Waals surface area contributed by atoms with Crippen LogP contribution in [-0.2, 0) is 20.7 Å². The Balaban J connectivity index is 1.88. The summed E-state index contributed by atoms with van der Waals surface area (Å²) in [6.07, 6.45) is -0.376. The van der Waals surface area contributed by atoms with E-state index in [9.17, 15) is 18.8 Å². The Labute approximate surface area is 148 Å². The molecule has 0 radical (unpaired) electrons. The Morgan fingerprint density at radius 2 is 1.88 bits per heavy atom. The topological polar surface area (TPSA) is 72.5 Å². The van der Waals surface area contributed by atoms with Crippen LogP contribution in [0.5, 0.6) is 0 Å². The molecule has 5 nitrogen and oxygen atoms in total. The van der Waals surface area contributed by atoms with Gasteiger partial charge in [-0.05, 0) is 31.2 Å². The lowest BCUT2D eigenvalue weighted by Gasteiger charge is -2.08. The van der Waals surface area contributed by atoms with Gasteiger partial charge in [-0.1, -0.05) is 29.8 Å². The zero-order valence-electron chi connectivity index (χ0n) is 13.3. The van der Waals surface area contributed by atoms with Crippen molar-refractivity contribution in [3.8, 4) is 0 Å². The summed E-state index contributed by atoms with van der Waals surface area (Å²) in [5, 5.41) is 2.62. The number of hydrogen-bond donors (Lipinski definition) is 1. The number of rotatable bonds is 6. The summed E-state index contributed by atoms with van der Waals surface area (Å²) >= 11 is 5.83. The van der Waals surface area contributed by atoms with E-state index >= 15 is 0 Å². The van der Waals surface area contributed by atoms with Gasteiger partial charge in [0.15, 0.2) is 12.4 Å². The van der Waals surface area contributed by atoms with Crippen molar-refractivity contribution in [1.82, 2.24) is 0 Å². The van der Waals surface area contributed by atoms with Crippen molar-refractivity contribution in [2.24, 2.45) is 0 Å². The Kier molecular flexibility index (Phi) is 6.25. The fourth-order valence-corrected chi connectivity index (χ4v) is 2.29. The van der Waals surface area contributed by atoms with E-state index in [0.717, 1.165) is 0 Å². The van der Waals surface area contributed by atoms with Crippen molar-refractivity contribution in [3.63, 3.8) is 0 Å². The third-order valence-corrected chi connectivity index (χ3v) is 3.65. The van der Waals surface area contributed by atoms with Gasteiger partial charge in [0.25, 0.3) is 5.91 Å². The first-order chi connectivity index (χ1) is 11.9. The summed E-state index contributed by atoms with van der Waals surface area (Å²) in [6.45, 7) is 0.881. The van der Waals surface area contributed by atoms with Crippen LogP contribution in [0.25, 0.3) is 0 Å². The molecule has 0 aliphatic carbocycles. The third kappa shape index (κ3) is 5.39. The standard InChI is InChI=1S/C18H15ClFNO4/c1-11(22)12-4-2-5-13(8-12)21-17(23)10-25-18(24)9-14-15(19)6-3-7-16(14)20/h2-8H,9-10H2,1H3,(H,21,23). The summed E-state index contributed by atoms with van der Waals surface area (Å²) in [5.74, 6) is -2.10. The normalized spacial score (nSPS) is 10.2. The second-order valence-corrected chi connectivity index (χ2v) is 5.63. The summed E-state index contributed by atoms with van der Waals surface area (Å²) in [6, 6.07) is 10.4. The maximum absolute atomic E-state index is 13.6. The monoisotopic (exact) mass is 363 g/mol. The van der Waals surface area contributed by atoms with Crippen LogP contribution in [0, 0.1) is 5.82 Å². The number of esters is 1. The number of benzene rings is 2. The maximum Gasteiger partial charge on any atom is 0.310 e. The first kappa shape index (κ1) is 18.6. The predicted octanol–water partition coefficient (Wildman–Crippen LogP) is 3.41. The summed E-state index contributed by atoms with van der Waals surface area (Å²) in [5.41, 5.74) is 0.874. The summed E-state index contributed by atoms with van der Waals surface area (Å²) in [7, 11) is 0. The summed E-state index contributed by atoms with van der Waals surface area (Å²) in [4.78, 5) is 34.9. The Hall–Kier alpha value is -2.73. The van der Waals surface area contributed by atoms with Crippen molar-refractivity contribution in [3.05, 3.63) is 64.4 Å². The second kappa shape index (κ2) is 8.39. The van der Waals surface area contributed by atoms with Crippen LogP contribution >= 0.6 is 11.6 Å². The van der Waals surface area contributed by atoms with Crippen LogP contribution in [-0.4, -0.2) is 24.3 Å². The number of amides is 1. The van der Waals surface area contributed by atoms with Gasteiger partial charge in [0.1, 0.15) is 5.82 Å². The van der Waals surface area contributed by atoms with Gasteiger partial charge in [-0.15, -0.1) is 0 Å². The molecule has 1 amide bonds. The van der Waals surface area contributed by atoms with Crippen LogP contribution in [0.3, 0.4) is 0 Å². The van der Waals surface area contributed by atoms with Crippen molar-refractivity contribution in [2.75, 3.05) is 11.9 Å². The molecule has 0 spiro atoms. The highest BCUT2D eigenvalue weighted by Crippen LogP contribution is 2.19. The van der Waals surface area contributed by atoms with Gasteiger partial charge >= 0.3 is 5.97 Å². The van der Waals surface area contributed by atoms with Crippen molar-refractivity contribution in [1.29, 1.82) is 0 Å². The van der Waals surface area contributed by atoms with E-state index in [1.165, 1.54) is 31.2 Å². The minimum Gasteiger partial charge on any atom is -0.455 e. The number of hydrogen-bond acceptors (Lipinski definition) is 4. The third-order valence-electron chi connectivity index (χ3n) is 3.30. The summed E-state index contributed by atoms with van der Waals surface area (Å²) < 4.78 is 18.4. The number of nitrogens with one attached hydrogen (secondary N) is 1. The van der Waals surface area contributed by atoms with Gasteiger partial charge in [-0.25, -0.2) is 4.39 Å². The van der Waals surface area contributed by atoms with Gasteiger partial charge in [0.05, 0.1) is 6.42 Å². The molecule has 0 fully saturated rings. The smallest absolute Gasteiger partial charge is 0.310 e. The zero-order valence-corrected chi connectivity index (χ0v) is 14.1.